The summed E-state index contributed by atoms with van der Waals surface area (Å²) in [5.74, 6) is -0.102. The first kappa shape index (κ1) is 22.3. The van der Waals surface area contributed by atoms with Crippen molar-refractivity contribution >= 4 is 17.4 Å². The van der Waals surface area contributed by atoms with Gasteiger partial charge in [0.05, 0.1) is 11.3 Å². The number of aromatic nitrogens is 2. The second kappa shape index (κ2) is 8.75. The van der Waals surface area contributed by atoms with Crippen LogP contribution < -0.4 is 10.5 Å². The van der Waals surface area contributed by atoms with Crippen molar-refractivity contribution in [2.45, 2.75) is 33.0 Å². The zero-order valence-electron chi connectivity index (χ0n) is 17.0. The fourth-order valence-corrected chi connectivity index (χ4v) is 3.18. The van der Waals surface area contributed by atoms with Gasteiger partial charge in [-0.1, -0.05) is 0 Å². The van der Waals surface area contributed by atoms with Crippen molar-refractivity contribution in [3.63, 3.8) is 0 Å². The Morgan fingerprint density at radius 1 is 1.16 bits per heavy atom. The molecule has 0 spiro atoms. The van der Waals surface area contributed by atoms with Crippen molar-refractivity contribution in [1.82, 2.24) is 14.9 Å². The fourth-order valence-electron chi connectivity index (χ4n) is 3.18. The highest BCUT2D eigenvalue weighted by Crippen LogP contribution is 2.28. The minimum Gasteiger partial charge on any atom is -0.473 e. The average molecular weight is 434 g/mol. The maximum Gasteiger partial charge on any atom is 0.433 e. The molecule has 2 N–H and O–H groups in total. The third-order valence-electron chi connectivity index (χ3n) is 4.99. The average Bonchev–Trinajstić information content (AvgIpc) is 2.72. The van der Waals surface area contributed by atoms with Crippen LogP contribution in [0.3, 0.4) is 0 Å². The van der Waals surface area contributed by atoms with Gasteiger partial charge in [-0.05, 0) is 36.6 Å². The number of ketones is 1. The monoisotopic (exact) mass is 434 g/mol. The molecule has 0 aliphatic carbocycles. The Bertz CT molecular complexity index is 1030. The molecule has 3 heterocycles. The number of amides is 1. The first-order valence-electron chi connectivity index (χ1n) is 9.45. The van der Waals surface area contributed by atoms with Crippen molar-refractivity contribution in [3.05, 3.63) is 58.6 Å². The third-order valence-corrected chi connectivity index (χ3v) is 4.99. The molecular weight excluding hydrogens is 413 g/mol. The van der Waals surface area contributed by atoms with E-state index in [0.717, 1.165) is 29.5 Å². The number of hydrogen-bond acceptors (Lipinski definition) is 6. The molecule has 2 aromatic rings. The number of fused-ring (bicyclic) bond motifs is 1. The minimum atomic E-state index is -4.57. The molecule has 0 unspecified atom stereocenters. The van der Waals surface area contributed by atoms with Crippen molar-refractivity contribution in [3.8, 4) is 5.88 Å². The summed E-state index contributed by atoms with van der Waals surface area (Å²) in [7, 11) is 0. The van der Waals surface area contributed by atoms with Crippen LogP contribution in [0, 0.1) is 0 Å². The highest BCUT2D eigenvalue weighted by molar-refractivity contribution is 6.00. The molecule has 2 aromatic heterocycles. The SMILES string of the molecule is CC(=O)/C(COc1cc2c(cn1)CN(C(C)=O)CC2)=C(\N)c1ccc(C(F)(F)F)nc1. The molecule has 1 amide bonds. The van der Waals surface area contributed by atoms with Crippen LogP contribution in [0.5, 0.6) is 5.88 Å². The Labute approximate surface area is 176 Å². The molecule has 0 fully saturated rings. The van der Waals surface area contributed by atoms with Gasteiger partial charge in [-0.15, -0.1) is 0 Å². The molecule has 10 heteroatoms. The van der Waals surface area contributed by atoms with Gasteiger partial charge < -0.3 is 15.4 Å². The Morgan fingerprint density at radius 3 is 2.48 bits per heavy atom. The van der Waals surface area contributed by atoms with Crippen LogP contribution in [0.15, 0.2) is 36.2 Å². The molecule has 1 aliphatic rings. The van der Waals surface area contributed by atoms with Crippen molar-refractivity contribution in [2.24, 2.45) is 5.73 Å². The molecule has 3 rings (SSSR count). The Balaban J connectivity index is 1.77. The summed E-state index contributed by atoms with van der Waals surface area (Å²) in [6.07, 6.45) is -1.31. The fraction of sp³-hybridized carbons (Fsp3) is 0.333. The highest BCUT2D eigenvalue weighted by atomic mass is 19.4. The van der Waals surface area contributed by atoms with Crippen LogP contribution in [0.25, 0.3) is 5.70 Å². The van der Waals surface area contributed by atoms with E-state index in [1.54, 1.807) is 17.2 Å². The lowest BCUT2D eigenvalue weighted by molar-refractivity contribution is -0.141. The highest BCUT2D eigenvalue weighted by Gasteiger charge is 2.32. The van der Waals surface area contributed by atoms with E-state index in [0.29, 0.717) is 19.5 Å². The lowest BCUT2D eigenvalue weighted by Gasteiger charge is -2.27. The van der Waals surface area contributed by atoms with Crippen LogP contribution in [0.1, 0.15) is 36.2 Å². The molecular formula is C21H21F3N4O3. The zero-order valence-corrected chi connectivity index (χ0v) is 17.0. The van der Waals surface area contributed by atoms with Crippen molar-refractivity contribution in [1.29, 1.82) is 0 Å². The number of hydrogen-bond donors (Lipinski definition) is 1. The number of Topliss-reactive ketones (excluding diaryl/α,β-unsaturated/α-hetero) is 1. The summed E-state index contributed by atoms with van der Waals surface area (Å²) in [5, 5.41) is 0. The van der Waals surface area contributed by atoms with Gasteiger partial charge in [-0.25, -0.2) is 4.98 Å². The second-order valence-corrected chi connectivity index (χ2v) is 7.15. The summed E-state index contributed by atoms with van der Waals surface area (Å²) in [6.45, 7) is 3.68. The van der Waals surface area contributed by atoms with E-state index in [9.17, 15) is 22.8 Å². The number of ether oxygens (including phenoxy) is 1. The third kappa shape index (κ3) is 5.19. The van der Waals surface area contributed by atoms with Gasteiger partial charge in [-0.3, -0.25) is 14.6 Å². The quantitative estimate of drug-likeness (QED) is 0.727. The van der Waals surface area contributed by atoms with E-state index in [1.807, 2.05) is 0 Å². The van der Waals surface area contributed by atoms with Gasteiger partial charge in [0.15, 0.2) is 5.78 Å². The summed E-state index contributed by atoms with van der Waals surface area (Å²) in [5.41, 5.74) is 7.16. The standard InChI is InChI=1S/C21H21F3N4O3/c1-12(29)17(20(25)15-3-4-18(26-8-15)21(22,23)24)11-31-19-7-14-5-6-28(13(2)30)10-16(14)9-27-19/h3-4,7-9H,5-6,10-11,25H2,1-2H3/b20-17-. The Hall–Kier alpha value is -3.43. The van der Waals surface area contributed by atoms with E-state index in [1.165, 1.54) is 13.8 Å². The van der Waals surface area contributed by atoms with Gasteiger partial charge in [0.25, 0.3) is 0 Å². The molecule has 0 saturated carbocycles. The Morgan fingerprint density at radius 2 is 1.90 bits per heavy atom. The van der Waals surface area contributed by atoms with E-state index in [4.69, 9.17) is 10.5 Å². The normalized spacial score (nSPS) is 14.5. The number of carbonyl (C=O) groups is 2. The van der Waals surface area contributed by atoms with E-state index < -0.39 is 11.9 Å². The van der Waals surface area contributed by atoms with Gasteiger partial charge in [0.2, 0.25) is 11.8 Å². The number of rotatable bonds is 5. The maximum atomic E-state index is 12.7. The summed E-state index contributed by atoms with van der Waals surface area (Å²) in [6, 6.07) is 3.71. The van der Waals surface area contributed by atoms with Crippen LogP contribution in [0.2, 0.25) is 0 Å². The number of halogens is 3. The van der Waals surface area contributed by atoms with Gasteiger partial charge in [0.1, 0.15) is 12.3 Å². The topological polar surface area (TPSA) is 98.4 Å². The number of nitrogens with two attached hydrogens (primary N) is 1. The molecule has 0 aromatic carbocycles. The van der Waals surface area contributed by atoms with Gasteiger partial charge >= 0.3 is 6.18 Å². The Kier molecular flexibility index (Phi) is 6.28. The zero-order chi connectivity index (χ0) is 22.8. The maximum absolute atomic E-state index is 12.7. The minimum absolute atomic E-state index is 0.00422. The first-order valence-corrected chi connectivity index (χ1v) is 9.45. The molecule has 0 radical (unpaired) electrons. The summed E-state index contributed by atoms with van der Waals surface area (Å²) < 4.78 is 43.7. The molecule has 0 bridgehead atoms. The van der Waals surface area contributed by atoms with Crippen molar-refractivity contribution in [2.75, 3.05) is 13.2 Å². The lowest BCUT2D eigenvalue weighted by Crippen LogP contribution is -2.34. The summed E-state index contributed by atoms with van der Waals surface area (Å²) in [4.78, 5) is 32.9. The number of pyridine rings is 2. The van der Waals surface area contributed by atoms with Crippen LogP contribution >= 0.6 is 0 Å². The molecule has 0 atom stereocenters. The number of nitrogens with zero attached hydrogens (tertiary/aromatic N) is 3. The molecule has 7 nitrogen and oxygen atoms in total. The largest absolute Gasteiger partial charge is 0.473 e. The number of alkyl halides is 3. The predicted molar refractivity (Wildman–Crippen MR) is 106 cm³/mol. The van der Waals surface area contributed by atoms with Gasteiger partial charge in [-0.2, -0.15) is 13.2 Å². The molecule has 1 aliphatic heterocycles. The first-order chi connectivity index (χ1) is 14.6. The van der Waals surface area contributed by atoms with Crippen LogP contribution in [0.4, 0.5) is 13.2 Å². The lowest BCUT2D eigenvalue weighted by atomic mass is 10.0. The smallest absolute Gasteiger partial charge is 0.433 e. The van der Waals surface area contributed by atoms with Crippen LogP contribution in [-0.4, -0.2) is 39.7 Å². The van der Waals surface area contributed by atoms with E-state index >= 15 is 0 Å². The number of carbonyl (C=O) groups excluding carboxylic acids is 2. The predicted octanol–water partition coefficient (Wildman–Crippen LogP) is 2.74. The second-order valence-electron chi connectivity index (χ2n) is 7.15. The van der Waals surface area contributed by atoms with Crippen molar-refractivity contribution < 1.29 is 27.5 Å². The van der Waals surface area contributed by atoms with E-state index in [-0.39, 0.29) is 41.0 Å². The van der Waals surface area contributed by atoms with E-state index in [2.05, 4.69) is 9.97 Å². The summed E-state index contributed by atoms with van der Waals surface area (Å²) >= 11 is 0. The molecule has 0 saturated heterocycles. The van der Waals surface area contributed by atoms with Gasteiger partial charge in [0, 0.05) is 44.0 Å². The van der Waals surface area contributed by atoms with Crippen LogP contribution in [-0.2, 0) is 28.7 Å². The molecule has 164 valence electrons. The molecule has 31 heavy (non-hydrogen) atoms.